The third-order valence-corrected chi connectivity index (χ3v) is 2.17. The van der Waals surface area contributed by atoms with E-state index in [4.69, 9.17) is 0 Å². The van der Waals surface area contributed by atoms with Crippen molar-refractivity contribution in [2.45, 2.75) is 0 Å². The van der Waals surface area contributed by atoms with E-state index in [0.717, 1.165) is 6.07 Å². The molecule has 7 nitrogen and oxygen atoms in total. The maximum absolute atomic E-state index is 13.0. The first-order valence-electron chi connectivity index (χ1n) is 4.74. The molecule has 18 heavy (non-hydrogen) atoms. The van der Waals surface area contributed by atoms with E-state index in [1.54, 1.807) is 0 Å². The zero-order valence-corrected chi connectivity index (χ0v) is 8.85. The SMILES string of the molecule is NC(=O)C(=O)N=Nc1c(O)[nH]c2ccc(F)cc12. The fourth-order valence-corrected chi connectivity index (χ4v) is 1.38. The van der Waals surface area contributed by atoms with Gasteiger partial charge in [-0.1, -0.05) is 0 Å². The van der Waals surface area contributed by atoms with E-state index in [-0.39, 0.29) is 11.1 Å². The Kier molecular flexibility index (Phi) is 2.76. The van der Waals surface area contributed by atoms with Gasteiger partial charge in [0.15, 0.2) is 5.69 Å². The average Bonchev–Trinajstić information content (AvgIpc) is 2.61. The van der Waals surface area contributed by atoms with E-state index in [1.165, 1.54) is 12.1 Å². The summed E-state index contributed by atoms with van der Waals surface area (Å²) < 4.78 is 13.0. The van der Waals surface area contributed by atoms with Crippen LogP contribution in [-0.2, 0) is 9.59 Å². The first kappa shape index (κ1) is 11.7. The molecular weight excluding hydrogens is 243 g/mol. The second kappa shape index (κ2) is 4.24. The molecular formula is C10H7FN4O3. The van der Waals surface area contributed by atoms with E-state index in [2.05, 4.69) is 20.9 Å². The number of amides is 2. The van der Waals surface area contributed by atoms with Gasteiger partial charge in [0.25, 0.3) is 0 Å². The van der Waals surface area contributed by atoms with Crippen LogP contribution in [0.3, 0.4) is 0 Å². The zero-order valence-electron chi connectivity index (χ0n) is 8.85. The minimum atomic E-state index is -1.27. The van der Waals surface area contributed by atoms with Crippen LogP contribution in [0.5, 0.6) is 5.88 Å². The number of carbonyl (C=O) groups excluding carboxylic acids is 2. The molecule has 0 aliphatic heterocycles. The standard InChI is InChI=1S/C10H7FN4O3/c11-4-1-2-6-5(3-4)7(9(17)13-6)14-15-10(18)8(12)16/h1-3,13,17H,(H2,12,16). The molecule has 1 heterocycles. The Morgan fingerprint density at radius 2 is 2.11 bits per heavy atom. The molecule has 0 unspecified atom stereocenters. The van der Waals surface area contributed by atoms with Gasteiger partial charge in [-0.3, -0.25) is 9.59 Å². The van der Waals surface area contributed by atoms with Crippen molar-refractivity contribution in [3.63, 3.8) is 0 Å². The van der Waals surface area contributed by atoms with Crippen molar-refractivity contribution in [3.05, 3.63) is 24.0 Å². The number of nitrogens with two attached hydrogens (primary N) is 1. The summed E-state index contributed by atoms with van der Waals surface area (Å²) in [6.45, 7) is 0. The van der Waals surface area contributed by atoms with E-state index < -0.39 is 23.5 Å². The number of rotatable bonds is 1. The van der Waals surface area contributed by atoms with Crippen LogP contribution in [-0.4, -0.2) is 21.9 Å². The Labute approximate surface area is 99.1 Å². The monoisotopic (exact) mass is 250 g/mol. The number of carbonyl (C=O) groups is 2. The number of azo groups is 1. The Morgan fingerprint density at radius 3 is 2.78 bits per heavy atom. The summed E-state index contributed by atoms with van der Waals surface area (Å²) in [5.74, 6) is -3.47. The normalized spacial score (nSPS) is 11.2. The van der Waals surface area contributed by atoms with E-state index in [1.807, 2.05) is 0 Å². The van der Waals surface area contributed by atoms with Crippen LogP contribution in [0.4, 0.5) is 10.1 Å². The average molecular weight is 250 g/mol. The molecule has 0 spiro atoms. The van der Waals surface area contributed by atoms with Gasteiger partial charge < -0.3 is 15.8 Å². The van der Waals surface area contributed by atoms with Crippen LogP contribution >= 0.6 is 0 Å². The first-order valence-corrected chi connectivity index (χ1v) is 4.74. The Balaban J connectivity index is 2.50. The smallest absolute Gasteiger partial charge is 0.353 e. The largest absolute Gasteiger partial charge is 0.493 e. The molecule has 0 saturated heterocycles. The van der Waals surface area contributed by atoms with Crippen molar-refractivity contribution in [2.24, 2.45) is 16.0 Å². The van der Waals surface area contributed by atoms with Crippen LogP contribution in [0, 0.1) is 5.82 Å². The van der Waals surface area contributed by atoms with Gasteiger partial charge in [-0.2, -0.15) is 0 Å². The predicted octanol–water partition coefficient (Wildman–Crippen LogP) is 1.11. The number of hydrogen-bond acceptors (Lipinski definition) is 4. The maximum atomic E-state index is 13.0. The number of primary amides is 1. The van der Waals surface area contributed by atoms with E-state index in [0.29, 0.717) is 5.52 Å². The van der Waals surface area contributed by atoms with Gasteiger partial charge in [-0.05, 0) is 18.2 Å². The minimum Gasteiger partial charge on any atom is -0.493 e. The topological polar surface area (TPSA) is 121 Å². The van der Waals surface area contributed by atoms with E-state index in [9.17, 15) is 19.1 Å². The molecule has 92 valence electrons. The molecule has 0 aliphatic rings. The number of halogens is 1. The van der Waals surface area contributed by atoms with Gasteiger partial charge in [-0.15, -0.1) is 10.2 Å². The fourth-order valence-electron chi connectivity index (χ4n) is 1.38. The molecule has 1 aromatic heterocycles. The molecule has 0 aliphatic carbocycles. The number of aromatic hydroxyl groups is 1. The van der Waals surface area contributed by atoms with Gasteiger partial charge >= 0.3 is 11.8 Å². The Bertz CT molecular complexity index is 677. The summed E-state index contributed by atoms with van der Waals surface area (Å²) in [4.78, 5) is 23.8. The fraction of sp³-hybridized carbons (Fsp3) is 0. The highest BCUT2D eigenvalue weighted by Crippen LogP contribution is 2.35. The Morgan fingerprint density at radius 1 is 1.39 bits per heavy atom. The van der Waals surface area contributed by atoms with Crippen molar-refractivity contribution in [2.75, 3.05) is 0 Å². The van der Waals surface area contributed by atoms with Crippen molar-refractivity contribution >= 4 is 28.4 Å². The second-order valence-corrected chi connectivity index (χ2v) is 3.38. The van der Waals surface area contributed by atoms with Gasteiger partial charge in [0, 0.05) is 5.39 Å². The number of H-pyrrole nitrogens is 1. The number of benzene rings is 1. The number of hydrogen-bond donors (Lipinski definition) is 3. The summed E-state index contributed by atoms with van der Waals surface area (Å²) in [5, 5.41) is 16.1. The number of nitrogens with zero attached hydrogens (tertiary/aromatic N) is 2. The van der Waals surface area contributed by atoms with Crippen LogP contribution in [0.15, 0.2) is 28.4 Å². The molecule has 0 fully saturated rings. The van der Waals surface area contributed by atoms with Gasteiger partial charge in [0.2, 0.25) is 5.88 Å². The molecule has 4 N–H and O–H groups in total. The third-order valence-electron chi connectivity index (χ3n) is 2.17. The Hall–Kier alpha value is -2.77. The van der Waals surface area contributed by atoms with Crippen LogP contribution in [0.25, 0.3) is 10.9 Å². The van der Waals surface area contributed by atoms with Crippen molar-refractivity contribution in [1.82, 2.24) is 4.98 Å². The minimum absolute atomic E-state index is 0.140. The molecule has 1 aromatic carbocycles. The third kappa shape index (κ3) is 2.03. The molecule has 8 heteroatoms. The first-order chi connectivity index (χ1) is 8.49. The summed E-state index contributed by atoms with van der Waals surface area (Å²) in [6, 6.07) is 3.68. The summed E-state index contributed by atoms with van der Waals surface area (Å²) in [5.41, 5.74) is 4.95. The number of aromatic nitrogens is 1. The van der Waals surface area contributed by atoms with Crippen molar-refractivity contribution in [3.8, 4) is 5.88 Å². The second-order valence-electron chi connectivity index (χ2n) is 3.38. The predicted molar refractivity (Wildman–Crippen MR) is 58.6 cm³/mol. The molecule has 0 radical (unpaired) electrons. The number of fused-ring (bicyclic) bond motifs is 1. The molecule has 2 amide bonds. The van der Waals surface area contributed by atoms with Crippen molar-refractivity contribution in [1.29, 1.82) is 0 Å². The van der Waals surface area contributed by atoms with Gasteiger partial charge in [0.1, 0.15) is 5.82 Å². The van der Waals surface area contributed by atoms with Gasteiger partial charge in [0.05, 0.1) is 5.52 Å². The molecule has 0 bridgehead atoms. The summed E-state index contributed by atoms with van der Waals surface area (Å²) in [6.07, 6.45) is 0. The number of nitrogens with one attached hydrogen (secondary N) is 1. The quantitative estimate of drug-likeness (QED) is 0.519. The molecule has 0 atom stereocenters. The summed E-state index contributed by atoms with van der Waals surface area (Å²) in [7, 11) is 0. The highest BCUT2D eigenvalue weighted by Gasteiger charge is 2.13. The zero-order chi connectivity index (χ0) is 13.3. The van der Waals surface area contributed by atoms with Crippen LogP contribution in [0.1, 0.15) is 0 Å². The van der Waals surface area contributed by atoms with Crippen LogP contribution in [0.2, 0.25) is 0 Å². The highest BCUT2D eigenvalue weighted by atomic mass is 19.1. The molecule has 0 saturated carbocycles. The van der Waals surface area contributed by atoms with E-state index >= 15 is 0 Å². The molecule has 2 rings (SSSR count). The van der Waals surface area contributed by atoms with Gasteiger partial charge in [-0.25, -0.2) is 4.39 Å². The lowest BCUT2D eigenvalue weighted by Crippen LogP contribution is -2.20. The van der Waals surface area contributed by atoms with Crippen LogP contribution < -0.4 is 5.73 Å². The summed E-state index contributed by atoms with van der Waals surface area (Å²) >= 11 is 0. The lowest BCUT2D eigenvalue weighted by Gasteiger charge is -1.91. The molecule has 2 aromatic rings. The number of aromatic amines is 1. The maximum Gasteiger partial charge on any atom is 0.353 e. The highest BCUT2D eigenvalue weighted by molar-refractivity contribution is 6.34. The van der Waals surface area contributed by atoms with Crippen molar-refractivity contribution < 1.29 is 19.1 Å². The lowest BCUT2D eigenvalue weighted by molar-refractivity contribution is -0.135. The lowest BCUT2D eigenvalue weighted by atomic mass is 10.2.